The summed E-state index contributed by atoms with van der Waals surface area (Å²) in [4.78, 5) is 14.4. The van der Waals surface area contributed by atoms with E-state index in [0.717, 1.165) is 6.67 Å². The van der Waals surface area contributed by atoms with E-state index >= 15 is 0 Å². The molecule has 0 aromatic carbocycles. The number of carbonyl (C=O) groups is 1. The van der Waals surface area contributed by atoms with Gasteiger partial charge in [0.05, 0.1) is 12.8 Å². The molecule has 0 aromatic rings. The van der Waals surface area contributed by atoms with E-state index in [1.807, 2.05) is 0 Å². The third-order valence-electron chi connectivity index (χ3n) is 2.79. The standard InChI is InChI=1S/C9H18N2.C4H9NO3/c1-3-4-5-6-11-8-7-10(2)9-11;1-2(6)3(5)4(7)8/h7-8H,3-6,9H2,1-2H3;2-3,6H,5H2,1H3,(H,7,8). The first kappa shape index (κ1) is 17.7. The Balaban J connectivity index is 0.000000362. The first-order chi connectivity index (χ1) is 8.88. The minimum Gasteiger partial charge on any atom is -0.480 e. The Morgan fingerprint density at radius 2 is 2.05 bits per heavy atom. The van der Waals surface area contributed by atoms with Crippen molar-refractivity contribution >= 4 is 5.97 Å². The van der Waals surface area contributed by atoms with E-state index in [1.165, 1.54) is 32.7 Å². The van der Waals surface area contributed by atoms with Crippen molar-refractivity contribution in [3.63, 3.8) is 0 Å². The second-order valence-electron chi connectivity index (χ2n) is 4.82. The molecule has 0 amide bonds. The summed E-state index contributed by atoms with van der Waals surface area (Å²) in [7, 11) is 2.11. The lowest BCUT2D eigenvalue weighted by molar-refractivity contribution is -0.140. The van der Waals surface area contributed by atoms with Crippen LogP contribution in [0.5, 0.6) is 0 Å². The summed E-state index contributed by atoms with van der Waals surface area (Å²) >= 11 is 0. The van der Waals surface area contributed by atoms with E-state index in [4.69, 9.17) is 15.9 Å². The van der Waals surface area contributed by atoms with Crippen molar-refractivity contribution in [1.82, 2.24) is 9.80 Å². The molecule has 6 nitrogen and oxygen atoms in total. The molecule has 0 bridgehead atoms. The maximum Gasteiger partial charge on any atom is 0.323 e. The van der Waals surface area contributed by atoms with Crippen LogP contribution in [0.15, 0.2) is 12.4 Å². The van der Waals surface area contributed by atoms with E-state index in [2.05, 4.69) is 36.2 Å². The van der Waals surface area contributed by atoms with E-state index in [-0.39, 0.29) is 0 Å². The van der Waals surface area contributed by atoms with Gasteiger partial charge in [0.2, 0.25) is 0 Å². The van der Waals surface area contributed by atoms with Gasteiger partial charge < -0.3 is 25.7 Å². The number of rotatable bonds is 6. The maximum atomic E-state index is 9.86. The summed E-state index contributed by atoms with van der Waals surface area (Å²) in [5.74, 6) is -1.18. The molecule has 112 valence electrons. The summed E-state index contributed by atoms with van der Waals surface area (Å²) in [6, 6.07) is -1.16. The van der Waals surface area contributed by atoms with Crippen molar-refractivity contribution in [2.24, 2.45) is 5.73 Å². The molecule has 2 unspecified atom stereocenters. The van der Waals surface area contributed by atoms with Crippen LogP contribution in [0.1, 0.15) is 33.1 Å². The fourth-order valence-corrected chi connectivity index (χ4v) is 1.51. The van der Waals surface area contributed by atoms with Gasteiger partial charge in [0.1, 0.15) is 6.04 Å². The Morgan fingerprint density at radius 3 is 2.37 bits per heavy atom. The lowest BCUT2D eigenvalue weighted by Gasteiger charge is -2.17. The number of hydrogen-bond donors (Lipinski definition) is 3. The van der Waals surface area contributed by atoms with Gasteiger partial charge in [0.25, 0.3) is 0 Å². The van der Waals surface area contributed by atoms with Crippen molar-refractivity contribution in [2.75, 3.05) is 20.3 Å². The van der Waals surface area contributed by atoms with Gasteiger partial charge in [-0.1, -0.05) is 19.8 Å². The first-order valence-corrected chi connectivity index (χ1v) is 6.67. The zero-order chi connectivity index (χ0) is 14.8. The smallest absolute Gasteiger partial charge is 0.323 e. The Hall–Kier alpha value is -1.27. The van der Waals surface area contributed by atoms with Crippen molar-refractivity contribution in [3.05, 3.63) is 12.4 Å². The average Bonchev–Trinajstić information content (AvgIpc) is 2.75. The molecule has 2 atom stereocenters. The highest BCUT2D eigenvalue weighted by atomic mass is 16.4. The number of aliphatic hydroxyl groups is 1. The topological polar surface area (TPSA) is 90.0 Å². The molecule has 0 saturated carbocycles. The molecule has 4 N–H and O–H groups in total. The van der Waals surface area contributed by atoms with Crippen LogP contribution in [0.4, 0.5) is 0 Å². The van der Waals surface area contributed by atoms with E-state index < -0.39 is 18.1 Å². The van der Waals surface area contributed by atoms with Crippen LogP contribution in [0.2, 0.25) is 0 Å². The molecular formula is C13H27N3O3. The van der Waals surface area contributed by atoms with E-state index in [9.17, 15) is 4.79 Å². The number of nitrogens with zero attached hydrogens (tertiary/aromatic N) is 2. The molecule has 0 radical (unpaired) electrons. The SMILES string of the molecule is CC(O)C(N)C(=O)O.CCCCCN1C=CN(C)C1. The van der Waals surface area contributed by atoms with Crippen LogP contribution in [-0.2, 0) is 4.79 Å². The Labute approximate surface area is 115 Å². The summed E-state index contributed by atoms with van der Waals surface area (Å²) in [6.45, 7) is 5.86. The molecule has 1 rings (SSSR count). The quantitative estimate of drug-likeness (QED) is 0.615. The first-order valence-electron chi connectivity index (χ1n) is 6.67. The van der Waals surface area contributed by atoms with Gasteiger partial charge in [-0.25, -0.2) is 0 Å². The molecule has 0 aromatic heterocycles. The number of carboxylic acids is 1. The molecular weight excluding hydrogens is 246 g/mol. The van der Waals surface area contributed by atoms with Crippen LogP contribution >= 0.6 is 0 Å². The molecule has 1 aliphatic rings. The lowest BCUT2D eigenvalue weighted by Crippen LogP contribution is -2.39. The van der Waals surface area contributed by atoms with Gasteiger partial charge in [0, 0.05) is 26.0 Å². The van der Waals surface area contributed by atoms with Crippen LogP contribution in [0.3, 0.4) is 0 Å². The van der Waals surface area contributed by atoms with Gasteiger partial charge in [0.15, 0.2) is 0 Å². The Morgan fingerprint density at radius 1 is 1.42 bits per heavy atom. The summed E-state index contributed by atoms with van der Waals surface area (Å²) in [5.41, 5.74) is 4.91. The van der Waals surface area contributed by atoms with E-state index in [1.54, 1.807) is 0 Å². The second kappa shape index (κ2) is 9.63. The highest BCUT2D eigenvalue weighted by molar-refractivity contribution is 5.73. The second-order valence-corrected chi connectivity index (χ2v) is 4.82. The number of aliphatic hydroxyl groups excluding tert-OH is 1. The summed E-state index contributed by atoms with van der Waals surface area (Å²) in [5, 5.41) is 16.6. The largest absolute Gasteiger partial charge is 0.480 e. The van der Waals surface area contributed by atoms with Gasteiger partial charge >= 0.3 is 5.97 Å². The average molecular weight is 273 g/mol. The number of carboxylic acid groups (broad SMARTS) is 1. The molecule has 0 aliphatic carbocycles. The van der Waals surface area contributed by atoms with Crippen LogP contribution < -0.4 is 5.73 Å². The maximum absolute atomic E-state index is 9.86. The number of aliphatic carboxylic acids is 1. The van der Waals surface area contributed by atoms with Crippen molar-refractivity contribution in [3.8, 4) is 0 Å². The predicted molar refractivity (Wildman–Crippen MR) is 75.3 cm³/mol. The minimum atomic E-state index is -1.18. The third-order valence-corrected chi connectivity index (χ3v) is 2.79. The summed E-state index contributed by atoms with van der Waals surface area (Å²) < 4.78 is 0. The number of unbranched alkanes of at least 4 members (excludes halogenated alkanes) is 2. The van der Waals surface area contributed by atoms with Crippen molar-refractivity contribution in [1.29, 1.82) is 0 Å². The normalized spacial score (nSPS) is 16.9. The molecule has 0 spiro atoms. The van der Waals surface area contributed by atoms with Crippen LogP contribution in [0.25, 0.3) is 0 Å². The van der Waals surface area contributed by atoms with Crippen LogP contribution in [0, 0.1) is 0 Å². The highest BCUT2D eigenvalue weighted by Crippen LogP contribution is 2.05. The lowest BCUT2D eigenvalue weighted by atomic mass is 10.2. The van der Waals surface area contributed by atoms with E-state index in [0.29, 0.717) is 0 Å². The van der Waals surface area contributed by atoms with Gasteiger partial charge in [-0.05, 0) is 13.3 Å². The zero-order valence-corrected chi connectivity index (χ0v) is 12.1. The molecule has 1 heterocycles. The third kappa shape index (κ3) is 8.45. The van der Waals surface area contributed by atoms with Crippen LogP contribution in [-0.4, -0.2) is 58.4 Å². The highest BCUT2D eigenvalue weighted by Gasteiger charge is 2.16. The molecule has 0 fully saturated rings. The Kier molecular flexibility index (Phi) is 8.99. The number of nitrogens with two attached hydrogens (primary N) is 1. The van der Waals surface area contributed by atoms with Crippen molar-refractivity contribution < 1.29 is 15.0 Å². The van der Waals surface area contributed by atoms with Crippen molar-refractivity contribution in [2.45, 2.75) is 45.3 Å². The summed E-state index contributed by atoms with van der Waals surface area (Å²) in [6.07, 6.45) is 7.32. The van der Waals surface area contributed by atoms with Gasteiger partial charge in [-0.15, -0.1) is 0 Å². The molecule has 1 aliphatic heterocycles. The predicted octanol–water partition coefficient (Wildman–Crippen LogP) is 0.632. The monoisotopic (exact) mass is 273 g/mol. The van der Waals surface area contributed by atoms with Gasteiger partial charge in [-0.2, -0.15) is 0 Å². The number of hydrogen-bond acceptors (Lipinski definition) is 5. The fourth-order valence-electron chi connectivity index (χ4n) is 1.51. The molecule has 19 heavy (non-hydrogen) atoms. The fraction of sp³-hybridized carbons (Fsp3) is 0.769. The molecule has 6 heteroatoms. The zero-order valence-electron chi connectivity index (χ0n) is 12.1. The Bertz CT molecular complexity index is 282. The van der Waals surface area contributed by atoms with Gasteiger partial charge in [-0.3, -0.25) is 4.79 Å². The minimum absolute atomic E-state index is 0.979. The molecule has 0 saturated heterocycles.